The number of carbonyl (C=O) groups excluding carboxylic acids is 3. The highest BCUT2D eigenvalue weighted by Crippen LogP contribution is 2.22. The summed E-state index contributed by atoms with van der Waals surface area (Å²) < 4.78 is 0.927. The Morgan fingerprint density at radius 1 is 0.816 bits per heavy atom. The molecule has 0 aromatic heterocycles. The highest BCUT2D eigenvalue weighted by molar-refractivity contribution is 9.10. The highest BCUT2D eigenvalue weighted by Gasteiger charge is 2.15. The van der Waals surface area contributed by atoms with E-state index in [-0.39, 0.29) is 17.4 Å². The van der Waals surface area contributed by atoms with Crippen LogP contribution in [0, 0.1) is 6.92 Å². The van der Waals surface area contributed by atoms with Crippen molar-refractivity contribution in [3.8, 4) is 0 Å². The summed E-state index contributed by atoms with van der Waals surface area (Å²) in [7, 11) is 0. The summed E-state index contributed by atoms with van der Waals surface area (Å²) in [6.07, 6.45) is 1.65. The molecule has 0 spiro atoms. The number of rotatable bonds is 9. The lowest BCUT2D eigenvalue weighted by atomic mass is 10.1. The van der Waals surface area contributed by atoms with E-state index in [0.717, 1.165) is 20.5 Å². The number of carbonyl (C=O) groups is 3. The van der Waals surface area contributed by atoms with Crippen molar-refractivity contribution in [2.75, 3.05) is 11.1 Å². The van der Waals surface area contributed by atoms with Crippen LogP contribution in [0.5, 0.6) is 0 Å². The summed E-state index contributed by atoms with van der Waals surface area (Å²) in [5.74, 6) is -0.467. The van der Waals surface area contributed by atoms with Gasteiger partial charge in [-0.15, -0.1) is 11.8 Å². The molecule has 38 heavy (non-hydrogen) atoms. The van der Waals surface area contributed by atoms with Crippen molar-refractivity contribution in [2.45, 2.75) is 11.8 Å². The zero-order valence-corrected chi connectivity index (χ0v) is 23.0. The lowest BCUT2D eigenvalue weighted by molar-refractivity contribution is -0.113. The quantitative estimate of drug-likeness (QED) is 0.124. The summed E-state index contributed by atoms with van der Waals surface area (Å²) >= 11 is 4.80. The van der Waals surface area contributed by atoms with E-state index in [0.29, 0.717) is 22.6 Å². The molecule has 0 aliphatic heterocycles. The number of aryl methyl sites for hydroxylation is 1. The first-order chi connectivity index (χ1) is 18.4. The molecule has 2 N–H and O–H groups in total. The summed E-state index contributed by atoms with van der Waals surface area (Å²) in [5, 5.41) is 5.60. The average molecular weight is 586 g/mol. The highest BCUT2D eigenvalue weighted by atomic mass is 79.9. The van der Waals surface area contributed by atoms with E-state index in [1.54, 1.807) is 54.6 Å². The zero-order valence-electron chi connectivity index (χ0n) is 20.6. The average Bonchev–Trinajstić information content (AvgIpc) is 2.93. The van der Waals surface area contributed by atoms with Crippen molar-refractivity contribution < 1.29 is 14.4 Å². The van der Waals surface area contributed by atoms with Crippen molar-refractivity contribution in [3.05, 3.63) is 136 Å². The molecule has 2 amide bonds. The van der Waals surface area contributed by atoms with Crippen LogP contribution < -0.4 is 10.6 Å². The number of Topliss-reactive ketones (excluding diaryl/α,β-unsaturated/α-hetero) is 1. The fourth-order valence-corrected chi connectivity index (χ4v) is 4.63. The molecule has 0 aliphatic carbocycles. The zero-order chi connectivity index (χ0) is 26.9. The van der Waals surface area contributed by atoms with Gasteiger partial charge in [0, 0.05) is 26.2 Å². The van der Waals surface area contributed by atoms with E-state index >= 15 is 0 Å². The lowest BCUT2D eigenvalue weighted by Crippen LogP contribution is -2.30. The van der Waals surface area contributed by atoms with Crippen LogP contribution in [0.1, 0.15) is 31.8 Å². The number of nitrogens with one attached hydrogen (secondary N) is 2. The topological polar surface area (TPSA) is 75.3 Å². The van der Waals surface area contributed by atoms with Crippen LogP contribution in [0.15, 0.2) is 118 Å². The smallest absolute Gasteiger partial charge is 0.272 e. The van der Waals surface area contributed by atoms with E-state index < -0.39 is 5.91 Å². The second kappa shape index (κ2) is 13.0. The number of thioether (sulfide) groups is 1. The standard InChI is InChI=1S/C31H25BrN2O3S/c1-21-6-5-7-22(18-21)19-28(34-30(36)24-8-3-2-4-9-24)31(37)33-26-14-16-27(17-15-26)38-20-29(35)23-10-12-25(32)13-11-23/h2-19H,20H2,1H3,(H,33,37)(H,34,36)/b28-19-. The molecule has 0 radical (unpaired) electrons. The van der Waals surface area contributed by atoms with Gasteiger partial charge in [0.15, 0.2) is 5.78 Å². The van der Waals surface area contributed by atoms with Gasteiger partial charge in [0.2, 0.25) is 0 Å². The van der Waals surface area contributed by atoms with Crippen LogP contribution >= 0.6 is 27.7 Å². The van der Waals surface area contributed by atoms with Crippen LogP contribution in [-0.2, 0) is 4.79 Å². The van der Waals surface area contributed by atoms with Crippen molar-refractivity contribution in [3.63, 3.8) is 0 Å². The van der Waals surface area contributed by atoms with Gasteiger partial charge in [-0.25, -0.2) is 0 Å². The summed E-state index contributed by atoms with van der Waals surface area (Å²) in [6.45, 7) is 1.96. The molecule has 4 aromatic carbocycles. The van der Waals surface area contributed by atoms with Gasteiger partial charge >= 0.3 is 0 Å². The minimum atomic E-state index is -0.443. The molecular weight excluding hydrogens is 560 g/mol. The fourth-order valence-electron chi connectivity index (χ4n) is 3.57. The molecule has 0 bridgehead atoms. The first-order valence-corrected chi connectivity index (χ1v) is 13.6. The maximum atomic E-state index is 13.2. The molecule has 4 rings (SSSR count). The van der Waals surface area contributed by atoms with Gasteiger partial charge in [0.25, 0.3) is 11.8 Å². The monoisotopic (exact) mass is 584 g/mol. The number of hydrogen-bond acceptors (Lipinski definition) is 4. The number of benzene rings is 4. The summed E-state index contributed by atoms with van der Waals surface area (Å²) in [4.78, 5) is 39.3. The molecule has 7 heteroatoms. The van der Waals surface area contributed by atoms with Crippen molar-refractivity contribution >= 4 is 57.1 Å². The Bertz CT molecular complexity index is 1470. The van der Waals surface area contributed by atoms with Gasteiger partial charge in [0.05, 0.1) is 5.75 Å². The first-order valence-electron chi connectivity index (χ1n) is 11.8. The second-order valence-electron chi connectivity index (χ2n) is 8.49. The van der Waals surface area contributed by atoms with Gasteiger partial charge in [-0.1, -0.05) is 76.1 Å². The van der Waals surface area contributed by atoms with E-state index in [1.807, 2.05) is 61.5 Å². The molecule has 0 saturated heterocycles. The molecule has 0 aliphatic rings. The number of ketones is 1. The van der Waals surface area contributed by atoms with Gasteiger partial charge < -0.3 is 10.6 Å². The Kier molecular flexibility index (Phi) is 9.30. The molecule has 0 atom stereocenters. The number of halogens is 1. The first kappa shape index (κ1) is 27.1. The third-order valence-corrected chi connectivity index (χ3v) is 7.07. The Labute approximate surface area is 234 Å². The third-order valence-electron chi connectivity index (χ3n) is 5.53. The van der Waals surface area contributed by atoms with Crippen LogP contribution in [-0.4, -0.2) is 23.4 Å². The Hall–Kier alpha value is -3.94. The molecule has 5 nitrogen and oxygen atoms in total. The molecule has 0 unspecified atom stereocenters. The molecular formula is C31H25BrN2O3S. The van der Waals surface area contributed by atoms with E-state index in [4.69, 9.17) is 0 Å². The Morgan fingerprint density at radius 2 is 1.53 bits per heavy atom. The van der Waals surface area contributed by atoms with Crippen LogP contribution in [0.3, 0.4) is 0 Å². The van der Waals surface area contributed by atoms with Crippen molar-refractivity contribution in [1.29, 1.82) is 0 Å². The number of hydrogen-bond donors (Lipinski definition) is 2. The van der Waals surface area contributed by atoms with E-state index in [2.05, 4.69) is 26.6 Å². The summed E-state index contributed by atoms with van der Waals surface area (Å²) in [5.41, 5.74) is 3.65. The molecule has 4 aromatic rings. The maximum Gasteiger partial charge on any atom is 0.272 e. The van der Waals surface area contributed by atoms with Gasteiger partial charge in [-0.2, -0.15) is 0 Å². The lowest BCUT2D eigenvalue weighted by Gasteiger charge is -2.12. The van der Waals surface area contributed by atoms with E-state index in [9.17, 15) is 14.4 Å². The largest absolute Gasteiger partial charge is 0.321 e. The fraction of sp³-hybridized carbons (Fsp3) is 0.0645. The number of anilines is 1. The van der Waals surface area contributed by atoms with Crippen LogP contribution in [0.25, 0.3) is 6.08 Å². The molecule has 0 heterocycles. The van der Waals surface area contributed by atoms with Crippen molar-refractivity contribution in [1.82, 2.24) is 5.32 Å². The second-order valence-corrected chi connectivity index (χ2v) is 10.5. The summed E-state index contributed by atoms with van der Waals surface area (Å²) in [6, 6.07) is 30.9. The van der Waals surface area contributed by atoms with Crippen molar-refractivity contribution in [2.24, 2.45) is 0 Å². The molecule has 0 fully saturated rings. The third kappa shape index (κ3) is 7.78. The SMILES string of the molecule is Cc1cccc(/C=C(\NC(=O)c2ccccc2)C(=O)Nc2ccc(SCC(=O)c3ccc(Br)cc3)cc2)c1. The molecule has 190 valence electrons. The van der Waals surface area contributed by atoms with Gasteiger partial charge in [-0.05, 0) is 67.1 Å². The Balaban J connectivity index is 1.44. The predicted octanol–water partition coefficient (Wildman–Crippen LogP) is 7.14. The van der Waals surface area contributed by atoms with Crippen LogP contribution in [0.2, 0.25) is 0 Å². The normalized spacial score (nSPS) is 11.1. The van der Waals surface area contributed by atoms with Gasteiger partial charge in [-0.3, -0.25) is 14.4 Å². The van der Waals surface area contributed by atoms with E-state index in [1.165, 1.54) is 11.8 Å². The van der Waals surface area contributed by atoms with Crippen LogP contribution in [0.4, 0.5) is 5.69 Å². The Morgan fingerprint density at radius 3 is 2.21 bits per heavy atom. The maximum absolute atomic E-state index is 13.2. The number of amides is 2. The predicted molar refractivity (Wildman–Crippen MR) is 157 cm³/mol. The minimum Gasteiger partial charge on any atom is -0.321 e. The van der Waals surface area contributed by atoms with Gasteiger partial charge in [0.1, 0.15) is 5.70 Å². The molecule has 0 saturated carbocycles. The minimum absolute atomic E-state index is 0.0416.